The molecule has 0 fully saturated rings. The third kappa shape index (κ3) is 5.19. The van der Waals surface area contributed by atoms with Crippen molar-refractivity contribution in [2.45, 2.75) is 0 Å². The van der Waals surface area contributed by atoms with E-state index in [1.807, 2.05) is 6.07 Å². The number of fused-ring (bicyclic) bond motifs is 4. The van der Waals surface area contributed by atoms with Crippen LogP contribution in [0.4, 0.5) is 0 Å². The van der Waals surface area contributed by atoms with Crippen LogP contribution >= 0.6 is 0 Å². The average molecular weight is 664 g/mol. The number of aromatic nitrogens is 3. The Bertz CT molecular complexity index is 2860. The number of hydrogen-bond acceptors (Lipinski definition) is 1. The van der Waals surface area contributed by atoms with E-state index in [1.165, 1.54) is 54.8 Å². The van der Waals surface area contributed by atoms with Gasteiger partial charge >= 0.3 is 0 Å². The normalized spacial score (nSPS) is 11.5. The highest BCUT2D eigenvalue weighted by Gasteiger charge is 2.16. The van der Waals surface area contributed by atoms with Crippen LogP contribution in [-0.2, 0) is 0 Å². The third-order valence-electron chi connectivity index (χ3n) is 10.2. The fraction of sp³-hybridized carbons (Fsp3) is 0. The Balaban J connectivity index is 1.02. The van der Waals surface area contributed by atoms with Gasteiger partial charge in [0, 0.05) is 27.6 Å². The molecule has 2 heterocycles. The molecule has 10 rings (SSSR count). The SMILES string of the molecule is c1ccc(-c2cc(-c3ccccc3)n(-c3ccc(-n4c5ccccc5c5cc(-c6ccc(-c7ccc8ccccc8c7)cc6)ccc54)cc3)n2)cc1. The largest absolute Gasteiger partial charge is 0.309 e. The lowest BCUT2D eigenvalue weighted by atomic mass is 9.97. The minimum absolute atomic E-state index is 0.949. The molecule has 0 bridgehead atoms. The molecule has 0 spiro atoms. The lowest BCUT2D eigenvalue weighted by Crippen LogP contribution is -2.00. The van der Waals surface area contributed by atoms with Crippen molar-refractivity contribution >= 4 is 32.6 Å². The van der Waals surface area contributed by atoms with E-state index in [1.54, 1.807) is 0 Å². The molecule has 52 heavy (non-hydrogen) atoms. The average Bonchev–Trinajstić information content (AvgIpc) is 3.82. The Morgan fingerprint density at radius 2 is 0.885 bits per heavy atom. The van der Waals surface area contributed by atoms with Crippen LogP contribution in [0.3, 0.4) is 0 Å². The van der Waals surface area contributed by atoms with Crippen molar-refractivity contribution in [3.63, 3.8) is 0 Å². The van der Waals surface area contributed by atoms with Crippen LogP contribution in [0.15, 0.2) is 200 Å². The van der Waals surface area contributed by atoms with Gasteiger partial charge in [-0.25, -0.2) is 4.68 Å². The molecule has 0 radical (unpaired) electrons. The fourth-order valence-corrected chi connectivity index (χ4v) is 7.54. The van der Waals surface area contributed by atoms with Crippen LogP contribution in [0.2, 0.25) is 0 Å². The van der Waals surface area contributed by atoms with Crippen LogP contribution in [-0.4, -0.2) is 14.3 Å². The zero-order chi connectivity index (χ0) is 34.4. The third-order valence-corrected chi connectivity index (χ3v) is 10.2. The maximum atomic E-state index is 5.10. The predicted octanol–water partition coefficient (Wildman–Crippen LogP) is 12.8. The number of para-hydroxylation sites is 1. The minimum Gasteiger partial charge on any atom is -0.309 e. The van der Waals surface area contributed by atoms with Gasteiger partial charge in [-0.1, -0.05) is 146 Å². The van der Waals surface area contributed by atoms with Gasteiger partial charge in [0.1, 0.15) is 0 Å². The second kappa shape index (κ2) is 12.4. The topological polar surface area (TPSA) is 22.8 Å². The summed E-state index contributed by atoms with van der Waals surface area (Å²) in [5.74, 6) is 0. The Kier molecular flexibility index (Phi) is 7.14. The smallest absolute Gasteiger partial charge is 0.0934 e. The highest BCUT2D eigenvalue weighted by molar-refractivity contribution is 6.10. The molecule has 0 atom stereocenters. The van der Waals surface area contributed by atoms with E-state index in [2.05, 4.69) is 203 Å². The molecule has 0 unspecified atom stereocenters. The summed E-state index contributed by atoms with van der Waals surface area (Å²) < 4.78 is 4.43. The van der Waals surface area contributed by atoms with Crippen LogP contribution < -0.4 is 0 Å². The second-order valence-corrected chi connectivity index (χ2v) is 13.3. The zero-order valence-corrected chi connectivity index (χ0v) is 28.4. The van der Waals surface area contributed by atoms with Gasteiger partial charge < -0.3 is 4.57 Å². The number of rotatable bonds is 6. The van der Waals surface area contributed by atoms with Crippen molar-refractivity contribution in [3.05, 3.63) is 200 Å². The first-order valence-corrected chi connectivity index (χ1v) is 17.7. The van der Waals surface area contributed by atoms with Crippen molar-refractivity contribution in [1.82, 2.24) is 14.3 Å². The quantitative estimate of drug-likeness (QED) is 0.174. The van der Waals surface area contributed by atoms with Gasteiger partial charge in [0.25, 0.3) is 0 Å². The molecule has 0 amide bonds. The van der Waals surface area contributed by atoms with E-state index >= 15 is 0 Å². The molecule has 10 aromatic rings. The van der Waals surface area contributed by atoms with Crippen molar-refractivity contribution in [2.24, 2.45) is 0 Å². The molecule has 0 aliphatic heterocycles. The molecule has 0 aliphatic carbocycles. The first-order chi connectivity index (χ1) is 25.8. The Labute approximate surface area is 302 Å². The van der Waals surface area contributed by atoms with Gasteiger partial charge in [-0.05, 0) is 87.6 Å². The summed E-state index contributed by atoms with van der Waals surface area (Å²) in [6, 6.07) is 71.5. The molecule has 2 aromatic heterocycles. The van der Waals surface area contributed by atoms with Gasteiger partial charge in [0.15, 0.2) is 0 Å². The summed E-state index contributed by atoms with van der Waals surface area (Å²) in [4.78, 5) is 0. The fourth-order valence-electron chi connectivity index (χ4n) is 7.54. The van der Waals surface area contributed by atoms with Crippen LogP contribution in [0.1, 0.15) is 0 Å². The first-order valence-electron chi connectivity index (χ1n) is 17.7. The predicted molar refractivity (Wildman–Crippen MR) is 217 cm³/mol. The molecular formula is C49H33N3. The second-order valence-electron chi connectivity index (χ2n) is 13.3. The molecule has 0 saturated carbocycles. The van der Waals surface area contributed by atoms with Gasteiger partial charge in [-0.3, -0.25) is 0 Å². The number of benzene rings is 8. The van der Waals surface area contributed by atoms with E-state index in [-0.39, 0.29) is 0 Å². The molecular weight excluding hydrogens is 631 g/mol. The van der Waals surface area contributed by atoms with Crippen LogP contribution in [0, 0.1) is 0 Å². The summed E-state index contributed by atoms with van der Waals surface area (Å²) >= 11 is 0. The van der Waals surface area contributed by atoms with Gasteiger partial charge in [0.05, 0.1) is 28.1 Å². The maximum absolute atomic E-state index is 5.10. The van der Waals surface area contributed by atoms with E-state index in [0.717, 1.165) is 33.9 Å². The minimum atomic E-state index is 0.949. The van der Waals surface area contributed by atoms with E-state index in [0.29, 0.717) is 0 Å². The van der Waals surface area contributed by atoms with Crippen molar-refractivity contribution in [3.8, 4) is 56.1 Å². The summed E-state index contributed by atoms with van der Waals surface area (Å²) in [5.41, 5.74) is 13.6. The zero-order valence-electron chi connectivity index (χ0n) is 28.4. The standard InChI is InChI=1S/C49H33N3/c1-3-12-37(13-4-1)46-33-49(38-14-5-2-6-15-38)52(50-46)43-28-26-42(27-29-43)51-47-18-10-9-17-44(47)45-32-41(25-30-48(45)51)36-21-19-35(20-22-36)40-24-23-34-11-7-8-16-39(34)31-40/h1-33H. The molecule has 0 N–H and O–H groups in total. The van der Waals surface area contributed by atoms with E-state index < -0.39 is 0 Å². The molecule has 244 valence electrons. The maximum Gasteiger partial charge on any atom is 0.0934 e. The Hall–Kier alpha value is -6.97. The highest BCUT2D eigenvalue weighted by atomic mass is 15.3. The van der Waals surface area contributed by atoms with Crippen LogP contribution in [0.5, 0.6) is 0 Å². The Morgan fingerprint density at radius 1 is 0.327 bits per heavy atom. The van der Waals surface area contributed by atoms with Crippen molar-refractivity contribution < 1.29 is 0 Å². The molecule has 8 aromatic carbocycles. The van der Waals surface area contributed by atoms with E-state index in [4.69, 9.17) is 5.10 Å². The van der Waals surface area contributed by atoms with Crippen LogP contribution in [0.25, 0.3) is 88.7 Å². The van der Waals surface area contributed by atoms with Gasteiger partial charge in [0.2, 0.25) is 0 Å². The molecule has 3 heteroatoms. The number of hydrogen-bond donors (Lipinski definition) is 0. The molecule has 0 saturated heterocycles. The van der Waals surface area contributed by atoms with Gasteiger partial charge in [-0.2, -0.15) is 5.10 Å². The highest BCUT2D eigenvalue weighted by Crippen LogP contribution is 2.36. The summed E-state index contributed by atoms with van der Waals surface area (Å²) in [6.07, 6.45) is 0. The molecule has 3 nitrogen and oxygen atoms in total. The first kappa shape index (κ1) is 29.9. The lowest BCUT2D eigenvalue weighted by Gasteiger charge is -2.11. The monoisotopic (exact) mass is 663 g/mol. The summed E-state index contributed by atoms with van der Waals surface area (Å²) in [6.45, 7) is 0. The van der Waals surface area contributed by atoms with Crippen molar-refractivity contribution in [1.29, 1.82) is 0 Å². The van der Waals surface area contributed by atoms with Gasteiger partial charge in [-0.15, -0.1) is 0 Å². The Morgan fingerprint density at radius 3 is 1.63 bits per heavy atom. The van der Waals surface area contributed by atoms with E-state index in [9.17, 15) is 0 Å². The van der Waals surface area contributed by atoms with Crippen molar-refractivity contribution in [2.75, 3.05) is 0 Å². The number of nitrogens with zero attached hydrogens (tertiary/aromatic N) is 3. The summed E-state index contributed by atoms with van der Waals surface area (Å²) in [5, 5.41) is 10.1. The molecule has 0 aliphatic rings. The lowest BCUT2D eigenvalue weighted by molar-refractivity contribution is 0.891. The summed E-state index contributed by atoms with van der Waals surface area (Å²) in [7, 11) is 0.